The van der Waals surface area contributed by atoms with Gasteiger partial charge in [-0.25, -0.2) is 4.98 Å². The molecule has 0 amide bonds. The van der Waals surface area contributed by atoms with E-state index in [1.54, 1.807) is 17.5 Å². The number of nitrogens with zero attached hydrogens (tertiary/aromatic N) is 2. The second-order valence-corrected chi connectivity index (χ2v) is 4.69. The number of thiazole rings is 1. The number of aryl methyl sites for hydroxylation is 1. The molecular weight excluding hydrogens is 208 g/mol. The fourth-order valence-electron chi connectivity index (χ4n) is 1.32. The van der Waals surface area contributed by atoms with Crippen LogP contribution in [0.5, 0.6) is 0 Å². The lowest BCUT2D eigenvalue weighted by Gasteiger charge is -2.00. The maximum Gasteiger partial charge on any atom is 0.0940 e. The average Bonchev–Trinajstić information content (AvgIpc) is 2.84. The fourth-order valence-corrected chi connectivity index (χ4v) is 2.11. The van der Waals surface area contributed by atoms with E-state index in [1.807, 2.05) is 12.3 Å². The summed E-state index contributed by atoms with van der Waals surface area (Å²) in [5.41, 5.74) is 1.12. The minimum Gasteiger partial charge on any atom is -0.311 e. The quantitative estimate of drug-likeness (QED) is 0.754. The molecule has 2 aromatic heterocycles. The fraction of sp³-hybridized carbons (Fsp3) is 0.400. The summed E-state index contributed by atoms with van der Waals surface area (Å²) < 4.78 is 0. The van der Waals surface area contributed by atoms with Gasteiger partial charge in [-0.15, -0.1) is 11.3 Å². The van der Waals surface area contributed by atoms with Crippen molar-refractivity contribution >= 4 is 11.3 Å². The summed E-state index contributed by atoms with van der Waals surface area (Å²) in [6, 6.07) is 1.97. The molecule has 2 aromatic rings. The third kappa shape index (κ3) is 3.14. The van der Waals surface area contributed by atoms with Crippen LogP contribution in [0.15, 0.2) is 18.5 Å². The van der Waals surface area contributed by atoms with Crippen molar-refractivity contribution in [2.75, 3.05) is 6.54 Å². The standard InChI is InChI=1S/C10H14N4S/c1-8-6-12-10(15-8)3-4-11-7-9-2-5-13-14-9/h2,5-6,11H,3-4,7H2,1H3,(H,13,14). The Balaban J connectivity index is 1.67. The van der Waals surface area contributed by atoms with Gasteiger partial charge >= 0.3 is 0 Å². The molecule has 4 nitrogen and oxygen atoms in total. The van der Waals surface area contributed by atoms with Crippen LogP contribution < -0.4 is 5.32 Å². The summed E-state index contributed by atoms with van der Waals surface area (Å²) in [5, 5.41) is 11.3. The molecule has 0 aliphatic rings. The lowest BCUT2D eigenvalue weighted by atomic mass is 10.4. The molecule has 2 N–H and O–H groups in total. The summed E-state index contributed by atoms with van der Waals surface area (Å²) in [6.45, 7) is 3.87. The number of H-pyrrole nitrogens is 1. The molecule has 0 fully saturated rings. The first-order valence-electron chi connectivity index (χ1n) is 4.95. The third-order valence-corrected chi connectivity index (χ3v) is 3.03. The Hall–Kier alpha value is -1.20. The van der Waals surface area contributed by atoms with Crippen LogP contribution in [0.4, 0.5) is 0 Å². The van der Waals surface area contributed by atoms with Crippen LogP contribution in [0.25, 0.3) is 0 Å². The summed E-state index contributed by atoms with van der Waals surface area (Å²) in [6.07, 6.45) is 4.68. The van der Waals surface area contributed by atoms with E-state index in [0.717, 1.165) is 25.2 Å². The Morgan fingerprint density at radius 2 is 2.47 bits per heavy atom. The highest BCUT2D eigenvalue weighted by Crippen LogP contribution is 2.10. The summed E-state index contributed by atoms with van der Waals surface area (Å²) in [4.78, 5) is 5.59. The van der Waals surface area contributed by atoms with Crippen molar-refractivity contribution in [1.29, 1.82) is 0 Å². The minimum absolute atomic E-state index is 0.838. The van der Waals surface area contributed by atoms with Crippen LogP contribution >= 0.6 is 11.3 Å². The van der Waals surface area contributed by atoms with Crippen LogP contribution in [-0.4, -0.2) is 21.7 Å². The average molecular weight is 222 g/mol. The zero-order valence-electron chi connectivity index (χ0n) is 8.66. The summed E-state index contributed by atoms with van der Waals surface area (Å²) >= 11 is 1.76. The van der Waals surface area contributed by atoms with Gasteiger partial charge < -0.3 is 5.32 Å². The molecular formula is C10H14N4S. The molecule has 0 aliphatic heterocycles. The molecule has 0 unspecified atom stereocenters. The van der Waals surface area contributed by atoms with Gasteiger partial charge in [-0.1, -0.05) is 0 Å². The highest BCUT2D eigenvalue weighted by molar-refractivity contribution is 7.11. The van der Waals surface area contributed by atoms with Gasteiger partial charge in [0.15, 0.2) is 0 Å². The number of aromatic nitrogens is 3. The zero-order chi connectivity index (χ0) is 10.5. The van der Waals surface area contributed by atoms with E-state index in [1.165, 1.54) is 9.88 Å². The molecule has 0 aliphatic carbocycles. The van der Waals surface area contributed by atoms with Gasteiger partial charge in [-0.05, 0) is 13.0 Å². The maximum atomic E-state index is 4.31. The molecule has 2 rings (SSSR count). The first kappa shape index (κ1) is 10.3. The number of rotatable bonds is 5. The van der Waals surface area contributed by atoms with E-state index in [0.29, 0.717) is 0 Å². The third-order valence-electron chi connectivity index (χ3n) is 2.06. The molecule has 2 heterocycles. The molecule has 0 atom stereocenters. The molecule has 0 bridgehead atoms. The van der Waals surface area contributed by atoms with E-state index in [-0.39, 0.29) is 0 Å². The molecule has 0 aromatic carbocycles. The van der Waals surface area contributed by atoms with Gasteiger partial charge in [0.1, 0.15) is 0 Å². The van der Waals surface area contributed by atoms with Crippen LogP contribution in [-0.2, 0) is 13.0 Å². The molecule has 80 valence electrons. The topological polar surface area (TPSA) is 53.6 Å². The second-order valence-electron chi connectivity index (χ2n) is 3.37. The van der Waals surface area contributed by atoms with Crippen molar-refractivity contribution < 1.29 is 0 Å². The number of nitrogens with one attached hydrogen (secondary N) is 2. The van der Waals surface area contributed by atoms with Gasteiger partial charge in [0, 0.05) is 42.5 Å². The van der Waals surface area contributed by atoms with Crippen LogP contribution in [0.3, 0.4) is 0 Å². The highest BCUT2D eigenvalue weighted by atomic mass is 32.1. The Morgan fingerprint density at radius 3 is 3.13 bits per heavy atom. The molecule has 5 heteroatoms. The molecule has 0 saturated carbocycles. The number of hydrogen-bond acceptors (Lipinski definition) is 4. The Morgan fingerprint density at radius 1 is 1.53 bits per heavy atom. The minimum atomic E-state index is 0.838. The van der Waals surface area contributed by atoms with Crippen LogP contribution in [0.2, 0.25) is 0 Å². The zero-order valence-corrected chi connectivity index (χ0v) is 9.47. The lowest BCUT2D eigenvalue weighted by Crippen LogP contribution is -2.16. The summed E-state index contributed by atoms with van der Waals surface area (Å²) in [5.74, 6) is 0. The first-order chi connectivity index (χ1) is 7.34. The van der Waals surface area contributed by atoms with Crippen molar-refractivity contribution in [3.05, 3.63) is 34.0 Å². The molecule has 0 saturated heterocycles. The number of aromatic amines is 1. The largest absolute Gasteiger partial charge is 0.311 e. The lowest BCUT2D eigenvalue weighted by molar-refractivity contribution is 0.671. The summed E-state index contributed by atoms with van der Waals surface area (Å²) in [7, 11) is 0. The Labute approximate surface area is 92.8 Å². The first-order valence-corrected chi connectivity index (χ1v) is 5.76. The van der Waals surface area contributed by atoms with Crippen molar-refractivity contribution in [2.24, 2.45) is 0 Å². The number of hydrogen-bond donors (Lipinski definition) is 2. The van der Waals surface area contributed by atoms with Gasteiger partial charge in [-0.2, -0.15) is 5.10 Å². The maximum absolute atomic E-state index is 4.31. The van der Waals surface area contributed by atoms with Gasteiger partial charge in [0.25, 0.3) is 0 Å². The van der Waals surface area contributed by atoms with E-state index in [2.05, 4.69) is 27.4 Å². The van der Waals surface area contributed by atoms with Gasteiger partial charge in [0.05, 0.1) is 5.01 Å². The Kier molecular flexibility index (Phi) is 3.47. The molecule has 0 radical (unpaired) electrons. The predicted octanol–water partition coefficient (Wildman–Crippen LogP) is 1.51. The van der Waals surface area contributed by atoms with Crippen molar-refractivity contribution in [3.8, 4) is 0 Å². The van der Waals surface area contributed by atoms with Crippen molar-refractivity contribution in [3.63, 3.8) is 0 Å². The van der Waals surface area contributed by atoms with Gasteiger partial charge in [-0.3, -0.25) is 5.10 Å². The molecule has 15 heavy (non-hydrogen) atoms. The highest BCUT2D eigenvalue weighted by Gasteiger charge is 1.98. The van der Waals surface area contributed by atoms with E-state index < -0.39 is 0 Å². The van der Waals surface area contributed by atoms with Crippen molar-refractivity contribution in [1.82, 2.24) is 20.5 Å². The van der Waals surface area contributed by atoms with Gasteiger partial charge in [0.2, 0.25) is 0 Å². The Bertz CT molecular complexity index is 393. The smallest absolute Gasteiger partial charge is 0.0940 e. The monoisotopic (exact) mass is 222 g/mol. The van der Waals surface area contributed by atoms with E-state index >= 15 is 0 Å². The van der Waals surface area contributed by atoms with E-state index in [4.69, 9.17) is 0 Å². The predicted molar refractivity (Wildman–Crippen MR) is 60.8 cm³/mol. The molecule has 0 spiro atoms. The normalized spacial score (nSPS) is 10.7. The van der Waals surface area contributed by atoms with Crippen LogP contribution in [0, 0.1) is 6.92 Å². The van der Waals surface area contributed by atoms with E-state index in [9.17, 15) is 0 Å². The van der Waals surface area contributed by atoms with Crippen molar-refractivity contribution in [2.45, 2.75) is 19.9 Å². The SMILES string of the molecule is Cc1cnc(CCNCc2ccn[nH]2)s1. The van der Waals surface area contributed by atoms with Crippen LogP contribution in [0.1, 0.15) is 15.6 Å². The second kappa shape index (κ2) is 5.04.